The van der Waals surface area contributed by atoms with Crippen LogP contribution in [0.3, 0.4) is 0 Å². The highest BCUT2D eigenvalue weighted by atomic mass is 14.6. The van der Waals surface area contributed by atoms with Crippen LogP contribution in [0.2, 0.25) is 2.82 Å². The summed E-state index contributed by atoms with van der Waals surface area (Å²) in [6, 6.07) is -2.58. The minimum Gasteiger partial charge on any atom is -0.324 e. The number of hydrogen-bond acceptors (Lipinski definition) is 1. The molecule has 0 aromatic carbocycles. The van der Waals surface area contributed by atoms with Gasteiger partial charge < -0.3 is 5.72 Å². The van der Waals surface area contributed by atoms with Gasteiger partial charge in [0.05, 0.1) is 1.37 Å². The Bertz CT molecular complexity index is 322. The molecule has 0 aromatic heterocycles. The molecule has 1 unspecified atom stereocenters. The zero-order valence-electron chi connectivity index (χ0n) is 12.6. The van der Waals surface area contributed by atoms with Crippen molar-refractivity contribution in [3.8, 4) is 0 Å². The summed E-state index contributed by atoms with van der Waals surface area (Å²) < 4.78 is 66.1. The van der Waals surface area contributed by atoms with E-state index in [1.165, 1.54) is 0 Å². The van der Waals surface area contributed by atoms with Crippen molar-refractivity contribution in [3.63, 3.8) is 0 Å². The molecule has 1 nitrogen and oxygen atoms in total. The summed E-state index contributed by atoms with van der Waals surface area (Å²) in [7, 11) is 0. The fraction of sp³-hybridized carbons (Fsp3) is 0.667. The standard InChI is InChI=1S/C6H11N/c7-6-4-2-1-3-5-6/h2,4,6H,1,3,5,7H2/i1D2,3D2,5D2,6D/hD2. The lowest BCUT2D eigenvalue weighted by atomic mass is 10.0. The molecule has 0 aromatic rings. The van der Waals surface area contributed by atoms with Crippen molar-refractivity contribution >= 4 is 0 Å². The number of rotatable bonds is 1. The van der Waals surface area contributed by atoms with E-state index in [2.05, 4.69) is 0 Å². The highest BCUT2D eigenvalue weighted by Crippen LogP contribution is 2.06. The molecule has 0 spiro atoms. The van der Waals surface area contributed by atoms with Crippen LogP contribution in [0, 0.1) is 0 Å². The Morgan fingerprint density at radius 3 is 4.00 bits per heavy atom. The van der Waals surface area contributed by atoms with Gasteiger partial charge in [-0.15, -0.1) is 0 Å². The smallest absolute Gasteiger partial charge is 0.119 e. The molecule has 1 rings (SSSR count). The summed E-state index contributed by atoms with van der Waals surface area (Å²) in [5.74, 6) is 0. The second-order valence-corrected chi connectivity index (χ2v) is 1.11. The molecular weight excluding hydrogens is 86.1 g/mol. The molecular formula is C6H11N. The summed E-state index contributed by atoms with van der Waals surface area (Å²) in [4.78, 5) is 0. The molecule has 0 saturated carbocycles. The molecule has 0 aliphatic heterocycles. The summed E-state index contributed by atoms with van der Waals surface area (Å²) >= 11 is 0. The zero-order chi connectivity index (χ0) is 13.0. The second kappa shape index (κ2) is 2.12. The van der Waals surface area contributed by atoms with Crippen molar-refractivity contribution in [2.75, 3.05) is 0 Å². The fourth-order valence-corrected chi connectivity index (χ4v) is 0.304. The lowest BCUT2D eigenvalue weighted by molar-refractivity contribution is 0.645. The third kappa shape index (κ3) is 1.32. The molecule has 0 bridgehead atoms. The van der Waals surface area contributed by atoms with Crippen LogP contribution in [-0.4, -0.2) is 6.02 Å². The third-order valence-corrected chi connectivity index (χ3v) is 0.587. The molecule has 1 atom stereocenters. The normalized spacial score (nSPS) is 82.1. The highest BCUT2D eigenvalue weighted by molar-refractivity contribution is 4.95. The molecule has 1 heteroatoms. The van der Waals surface area contributed by atoms with Crippen LogP contribution in [0.4, 0.5) is 0 Å². The Morgan fingerprint density at radius 2 is 3.14 bits per heavy atom. The Hall–Kier alpha value is -0.300. The first-order valence-electron chi connectivity index (χ1n) is 6.28. The van der Waals surface area contributed by atoms with Crippen LogP contribution >= 0.6 is 0 Å². The van der Waals surface area contributed by atoms with E-state index in [4.69, 9.17) is 12.4 Å². The van der Waals surface area contributed by atoms with Gasteiger partial charge in [-0.3, -0.25) is 0 Å². The summed E-state index contributed by atoms with van der Waals surface area (Å²) in [6.45, 7) is 0. The summed E-state index contributed by atoms with van der Waals surface area (Å²) in [6.07, 6.45) is -7.22. The van der Waals surface area contributed by atoms with E-state index in [-0.39, 0.29) is 5.72 Å². The highest BCUT2D eigenvalue weighted by Gasteiger charge is 1.99. The molecule has 1 aliphatic rings. The van der Waals surface area contributed by atoms with E-state index < -0.39 is 25.1 Å². The van der Waals surface area contributed by atoms with Crippen LogP contribution in [0.25, 0.3) is 0 Å². The molecule has 7 heavy (non-hydrogen) atoms. The SMILES string of the molecule is [2H]N([2H])C1([2H])C=CC([2H])([2H])C([2H])([2H])C1([2H])[2H]. The van der Waals surface area contributed by atoms with E-state index in [0.717, 1.165) is 0 Å². The Morgan fingerprint density at radius 1 is 2.14 bits per heavy atom. The van der Waals surface area contributed by atoms with Crippen LogP contribution in [-0.2, 0) is 0 Å². The number of hydrogen-bond donors (Lipinski definition) is 1. The lowest BCUT2D eigenvalue weighted by Gasteiger charge is -2.08. The van der Waals surface area contributed by atoms with Crippen LogP contribution in [0.5, 0.6) is 0 Å². The number of allylic oxidation sites excluding steroid dienone is 1. The molecule has 40 valence electrons. The van der Waals surface area contributed by atoms with Crippen molar-refractivity contribution in [3.05, 3.63) is 12.2 Å². The average molecular weight is 106 g/mol. The quantitative estimate of drug-likeness (QED) is 0.497. The lowest BCUT2D eigenvalue weighted by Crippen LogP contribution is -2.17. The van der Waals surface area contributed by atoms with Crippen molar-refractivity contribution in [1.29, 1.82) is 0 Å². The van der Waals surface area contributed by atoms with Gasteiger partial charge in [0.1, 0.15) is 2.82 Å². The minimum atomic E-state index is -3.03. The van der Waals surface area contributed by atoms with E-state index in [9.17, 15) is 0 Å². The maximum absolute atomic E-state index is 7.59. The molecule has 0 amide bonds. The Labute approximate surface area is 57.0 Å². The predicted molar refractivity (Wildman–Crippen MR) is 31.0 cm³/mol. The predicted octanol–water partition coefficient (Wildman–Crippen LogP) is 1.05. The Balaban J connectivity index is 3.43. The molecule has 0 heterocycles. The van der Waals surface area contributed by atoms with E-state index in [1.54, 1.807) is 0 Å². The minimum absolute atomic E-state index is 0.267. The van der Waals surface area contributed by atoms with Gasteiger partial charge in [-0.25, -0.2) is 0 Å². The maximum Gasteiger partial charge on any atom is 0.119 e. The fourth-order valence-electron chi connectivity index (χ4n) is 0.304. The van der Waals surface area contributed by atoms with Gasteiger partial charge in [0, 0.05) is 14.2 Å². The molecule has 1 aliphatic carbocycles. The van der Waals surface area contributed by atoms with Crippen molar-refractivity contribution in [2.45, 2.75) is 25.1 Å². The van der Waals surface area contributed by atoms with Gasteiger partial charge >= 0.3 is 0 Å². The first-order chi connectivity index (χ1) is 6.90. The van der Waals surface area contributed by atoms with Gasteiger partial charge in [0.25, 0.3) is 0 Å². The van der Waals surface area contributed by atoms with Crippen LogP contribution < -0.4 is 5.72 Å². The van der Waals surface area contributed by atoms with Crippen molar-refractivity contribution in [2.24, 2.45) is 5.72 Å². The number of nitrogens with two attached hydrogens (primary N) is 1. The second-order valence-electron chi connectivity index (χ2n) is 1.11. The summed E-state index contributed by atoms with van der Waals surface area (Å²) in [5, 5.41) is 0. The monoisotopic (exact) mass is 106 g/mol. The first-order valence-corrected chi connectivity index (χ1v) is 1.88. The third-order valence-electron chi connectivity index (χ3n) is 0.587. The maximum atomic E-state index is 7.59. The average Bonchev–Trinajstić information content (AvgIpc) is 2.11. The molecule has 0 fully saturated rings. The van der Waals surface area contributed by atoms with Crippen LogP contribution in [0.1, 0.15) is 28.7 Å². The van der Waals surface area contributed by atoms with Gasteiger partial charge in [-0.05, 0) is 19.1 Å². The van der Waals surface area contributed by atoms with Gasteiger partial charge in [-0.1, -0.05) is 12.2 Å². The zero-order valence-corrected chi connectivity index (χ0v) is 3.60. The van der Waals surface area contributed by atoms with Gasteiger partial charge in [0.15, 0.2) is 0 Å². The molecule has 2 N–H and O–H groups in total. The van der Waals surface area contributed by atoms with Gasteiger partial charge in [0.2, 0.25) is 0 Å². The molecule has 0 radical (unpaired) electrons. The largest absolute Gasteiger partial charge is 0.324 e. The Kier molecular flexibility index (Phi) is 0.268. The van der Waals surface area contributed by atoms with E-state index in [1.807, 2.05) is 0 Å². The topological polar surface area (TPSA) is 26.0 Å². The van der Waals surface area contributed by atoms with Crippen molar-refractivity contribution in [1.82, 2.24) is 0 Å². The van der Waals surface area contributed by atoms with Crippen LogP contribution in [0.15, 0.2) is 12.2 Å². The first kappa shape index (κ1) is 0.883. The van der Waals surface area contributed by atoms with E-state index in [0.29, 0.717) is 12.2 Å². The van der Waals surface area contributed by atoms with E-state index >= 15 is 0 Å². The molecule has 0 saturated heterocycles. The summed E-state index contributed by atoms with van der Waals surface area (Å²) in [5.41, 5.74) is -0.267. The van der Waals surface area contributed by atoms with Gasteiger partial charge in [-0.2, -0.15) is 0 Å². The van der Waals surface area contributed by atoms with Crippen molar-refractivity contribution < 1.29 is 12.4 Å².